The molecule has 0 aliphatic heterocycles. The van der Waals surface area contributed by atoms with Gasteiger partial charge in [0, 0.05) is 24.4 Å². The average molecular weight is 359 g/mol. The zero-order chi connectivity index (χ0) is 16.8. The van der Waals surface area contributed by atoms with E-state index in [-0.39, 0.29) is 36.2 Å². The third-order valence-corrected chi connectivity index (χ3v) is 4.96. The molecule has 25 heavy (non-hydrogen) atoms. The summed E-state index contributed by atoms with van der Waals surface area (Å²) in [6.07, 6.45) is 3.63. The minimum absolute atomic E-state index is 0. The summed E-state index contributed by atoms with van der Waals surface area (Å²) >= 11 is 0. The molecule has 3 atom stereocenters. The summed E-state index contributed by atoms with van der Waals surface area (Å²) in [6.45, 7) is 0.670. The summed E-state index contributed by atoms with van der Waals surface area (Å²) in [6, 6.07) is 21.1. The molecule has 0 radical (unpaired) electrons. The molecular formula is C21H27ClN2O. The zero-order valence-corrected chi connectivity index (χ0v) is 15.3. The maximum atomic E-state index is 12.4. The van der Waals surface area contributed by atoms with Crippen molar-refractivity contribution in [2.24, 2.45) is 11.7 Å². The van der Waals surface area contributed by atoms with E-state index in [1.807, 2.05) is 12.1 Å². The smallest absolute Gasteiger partial charge is 0.223 e. The number of benzene rings is 2. The maximum absolute atomic E-state index is 12.4. The van der Waals surface area contributed by atoms with Gasteiger partial charge in [0.05, 0.1) is 0 Å². The summed E-state index contributed by atoms with van der Waals surface area (Å²) in [5, 5.41) is 3.17. The van der Waals surface area contributed by atoms with Crippen molar-refractivity contribution in [1.82, 2.24) is 5.32 Å². The van der Waals surface area contributed by atoms with Crippen molar-refractivity contribution in [2.45, 2.75) is 37.6 Å². The fourth-order valence-electron chi connectivity index (χ4n) is 3.55. The van der Waals surface area contributed by atoms with Gasteiger partial charge in [0.1, 0.15) is 0 Å². The van der Waals surface area contributed by atoms with Gasteiger partial charge in [-0.2, -0.15) is 0 Å². The van der Waals surface area contributed by atoms with Gasteiger partial charge in [0.25, 0.3) is 0 Å². The molecule has 2 aromatic carbocycles. The first-order chi connectivity index (χ1) is 11.7. The van der Waals surface area contributed by atoms with E-state index in [1.165, 1.54) is 11.1 Å². The second-order valence-corrected chi connectivity index (χ2v) is 6.81. The molecule has 134 valence electrons. The SMILES string of the molecule is Cl.NC1CCC(C(=O)NCC(Cc2ccccc2)c2ccccc2)C1. The van der Waals surface area contributed by atoms with Crippen molar-refractivity contribution in [3.8, 4) is 0 Å². The van der Waals surface area contributed by atoms with Crippen molar-refractivity contribution in [3.63, 3.8) is 0 Å². The van der Waals surface area contributed by atoms with Crippen LogP contribution < -0.4 is 11.1 Å². The predicted octanol–water partition coefficient (Wildman–Crippen LogP) is 3.68. The van der Waals surface area contributed by atoms with Crippen LogP contribution in [-0.2, 0) is 11.2 Å². The number of carbonyl (C=O) groups is 1. The van der Waals surface area contributed by atoms with Gasteiger partial charge in [0.15, 0.2) is 0 Å². The molecule has 1 fully saturated rings. The third-order valence-electron chi connectivity index (χ3n) is 4.96. The van der Waals surface area contributed by atoms with Gasteiger partial charge in [-0.25, -0.2) is 0 Å². The van der Waals surface area contributed by atoms with E-state index in [0.717, 1.165) is 25.7 Å². The van der Waals surface area contributed by atoms with Crippen LogP contribution in [0.5, 0.6) is 0 Å². The summed E-state index contributed by atoms with van der Waals surface area (Å²) in [5.41, 5.74) is 8.50. The first-order valence-corrected chi connectivity index (χ1v) is 8.84. The second-order valence-electron chi connectivity index (χ2n) is 6.81. The molecule has 1 saturated carbocycles. The molecule has 0 saturated heterocycles. The Morgan fingerprint density at radius 1 is 1.04 bits per heavy atom. The molecule has 3 unspecified atom stereocenters. The lowest BCUT2D eigenvalue weighted by Gasteiger charge is -2.20. The number of nitrogens with two attached hydrogens (primary N) is 1. The highest BCUT2D eigenvalue weighted by molar-refractivity contribution is 5.85. The number of rotatable bonds is 6. The molecule has 3 rings (SSSR count). The Kier molecular flexibility index (Phi) is 7.48. The van der Waals surface area contributed by atoms with Gasteiger partial charge >= 0.3 is 0 Å². The highest BCUT2D eigenvalue weighted by atomic mass is 35.5. The highest BCUT2D eigenvalue weighted by Crippen LogP contribution is 2.25. The Balaban J connectivity index is 0.00000225. The average Bonchev–Trinajstić information content (AvgIpc) is 3.06. The number of halogens is 1. The van der Waals surface area contributed by atoms with Gasteiger partial charge in [-0.15, -0.1) is 12.4 Å². The number of nitrogens with one attached hydrogen (secondary N) is 1. The van der Waals surface area contributed by atoms with Crippen LogP contribution in [0.3, 0.4) is 0 Å². The number of hydrogen-bond acceptors (Lipinski definition) is 2. The molecule has 0 aromatic heterocycles. The Morgan fingerprint density at radius 3 is 2.28 bits per heavy atom. The van der Waals surface area contributed by atoms with Crippen LogP contribution in [0.2, 0.25) is 0 Å². The first kappa shape index (κ1) is 19.5. The molecule has 0 heterocycles. The molecule has 3 nitrogen and oxygen atoms in total. The van der Waals surface area contributed by atoms with Gasteiger partial charge < -0.3 is 11.1 Å². The molecule has 1 amide bonds. The zero-order valence-electron chi connectivity index (χ0n) is 14.4. The standard InChI is InChI=1S/C21H26N2O.ClH/c22-20-12-11-18(14-20)21(24)23-15-19(17-9-5-2-6-10-17)13-16-7-3-1-4-8-16;/h1-10,18-20H,11-15,22H2,(H,23,24);1H. The number of carbonyl (C=O) groups excluding carboxylic acids is 1. The number of hydrogen-bond donors (Lipinski definition) is 2. The molecule has 4 heteroatoms. The molecular weight excluding hydrogens is 332 g/mol. The van der Waals surface area contributed by atoms with Gasteiger partial charge in [-0.05, 0) is 36.8 Å². The molecule has 0 bridgehead atoms. The molecule has 2 aromatic rings. The Morgan fingerprint density at radius 2 is 1.68 bits per heavy atom. The molecule has 0 spiro atoms. The Bertz CT molecular complexity index is 647. The second kappa shape index (κ2) is 9.59. The van der Waals surface area contributed by atoms with Crippen LogP contribution in [0.15, 0.2) is 60.7 Å². The lowest BCUT2D eigenvalue weighted by atomic mass is 9.91. The van der Waals surface area contributed by atoms with E-state index < -0.39 is 0 Å². The monoisotopic (exact) mass is 358 g/mol. The lowest BCUT2D eigenvalue weighted by molar-refractivity contribution is -0.124. The Labute approximate surface area is 156 Å². The van der Waals surface area contributed by atoms with Crippen LogP contribution in [0.25, 0.3) is 0 Å². The quantitative estimate of drug-likeness (QED) is 0.827. The van der Waals surface area contributed by atoms with Crippen molar-refractivity contribution in [1.29, 1.82) is 0 Å². The minimum atomic E-state index is 0. The van der Waals surface area contributed by atoms with Crippen molar-refractivity contribution >= 4 is 18.3 Å². The van der Waals surface area contributed by atoms with Gasteiger partial charge in [-0.1, -0.05) is 60.7 Å². The topological polar surface area (TPSA) is 55.1 Å². The normalized spacial score (nSPS) is 20.5. The van der Waals surface area contributed by atoms with Crippen LogP contribution >= 0.6 is 12.4 Å². The van der Waals surface area contributed by atoms with Gasteiger partial charge in [-0.3, -0.25) is 4.79 Å². The summed E-state index contributed by atoms with van der Waals surface area (Å²) in [7, 11) is 0. The predicted molar refractivity (Wildman–Crippen MR) is 105 cm³/mol. The van der Waals surface area contributed by atoms with Crippen molar-refractivity contribution in [2.75, 3.05) is 6.54 Å². The van der Waals surface area contributed by atoms with Crippen LogP contribution in [0, 0.1) is 5.92 Å². The van der Waals surface area contributed by atoms with Crippen molar-refractivity contribution < 1.29 is 4.79 Å². The fraction of sp³-hybridized carbons (Fsp3) is 0.381. The number of amides is 1. The highest BCUT2D eigenvalue weighted by Gasteiger charge is 2.28. The Hall–Kier alpha value is -1.84. The van der Waals surface area contributed by atoms with E-state index in [9.17, 15) is 4.79 Å². The van der Waals surface area contributed by atoms with Gasteiger partial charge in [0.2, 0.25) is 5.91 Å². The lowest BCUT2D eigenvalue weighted by Crippen LogP contribution is -2.34. The first-order valence-electron chi connectivity index (χ1n) is 8.84. The van der Waals surface area contributed by atoms with E-state index in [0.29, 0.717) is 6.54 Å². The summed E-state index contributed by atoms with van der Waals surface area (Å²) in [4.78, 5) is 12.4. The third kappa shape index (κ3) is 5.58. The van der Waals surface area contributed by atoms with E-state index in [2.05, 4.69) is 53.8 Å². The maximum Gasteiger partial charge on any atom is 0.223 e. The fourth-order valence-corrected chi connectivity index (χ4v) is 3.55. The molecule has 3 N–H and O–H groups in total. The largest absolute Gasteiger partial charge is 0.355 e. The van der Waals surface area contributed by atoms with Crippen LogP contribution in [-0.4, -0.2) is 18.5 Å². The minimum Gasteiger partial charge on any atom is -0.355 e. The van der Waals surface area contributed by atoms with Crippen LogP contribution in [0.1, 0.15) is 36.3 Å². The van der Waals surface area contributed by atoms with E-state index in [1.54, 1.807) is 0 Å². The van der Waals surface area contributed by atoms with Crippen molar-refractivity contribution in [3.05, 3.63) is 71.8 Å². The molecule has 1 aliphatic carbocycles. The summed E-state index contributed by atoms with van der Waals surface area (Å²) < 4.78 is 0. The van der Waals surface area contributed by atoms with E-state index >= 15 is 0 Å². The molecule has 1 aliphatic rings. The van der Waals surface area contributed by atoms with E-state index in [4.69, 9.17) is 5.73 Å². The summed E-state index contributed by atoms with van der Waals surface area (Å²) in [5.74, 6) is 0.540. The van der Waals surface area contributed by atoms with Crippen LogP contribution in [0.4, 0.5) is 0 Å².